The molecule has 0 bridgehead atoms. The van der Waals surface area contributed by atoms with E-state index in [1.54, 1.807) is 11.9 Å². The number of hydrogen-bond donors (Lipinski definition) is 0. The second kappa shape index (κ2) is 6.16. The fraction of sp³-hybridized carbons (Fsp3) is 0.583. The van der Waals surface area contributed by atoms with Gasteiger partial charge in [-0.2, -0.15) is 0 Å². The zero-order chi connectivity index (χ0) is 13.8. The Hall–Kier alpha value is -1.40. The molecule has 2 heterocycles. The molecule has 1 atom stereocenters. The molecule has 104 valence electrons. The lowest BCUT2D eigenvalue weighted by molar-refractivity contribution is -0.384. The highest BCUT2D eigenvalue weighted by molar-refractivity contribution is 6.29. The maximum absolute atomic E-state index is 11.0. The average molecular weight is 286 g/mol. The van der Waals surface area contributed by atoms with E-state index in [4.69, 9.17) is 16.3 Å². The molecule has 0 amide bonds. The van der Waals surface area contributed by atoms with Gasteiger partial charge in [0.2, 0.25) is 5.82 Å². The normalized spacial score (nSPS) is 19.2. The second-order valence-corrected chi connectivity index (χ2v) is 4.99. The van der Waals surface area contributed by atoms with E-state index in [9.17, 15) is 10.1 Å². The van der Waals surface area contributed by atoms with Crippen molar-refractivity contribution in [1.29, 1.82) is 0 Å². The minimum Gasteiger partial charge on any atom is -0.376 e. The number of nitro groups is 1. The van der Waals surface area contributed by atoms with Crippen molar-refractivity contribution >= 4 is 23.1 Å². The van der Waals surface area contributed by atoms with Gasteiger partial charge in [-0.05, 0) is 25.3 Å². The first kappa shape index (κ1) is 14.0. The van der Waals surface area contributed by atoms with Crippen LogP contribution in [0.4, 0.5) is 11.5 Å². The van der Waals surface area contributed by atoms with Crippen molar-refractivity contribution in [2.24, 2.45) is 0 Å². The van der Waals surface area contributed by atoms with E-state index >= 15 is 0 Å². The SMILES string of the molecule is CN(CC1CCCCO1)c1nc(Cl)ccc1[N+](=O)[O-]. The minimum atomic E-state index is -0.448. The van der Waals surface area contributed by atoms with Crippen LogP contribution in [0, 0.1) is 10.1 Å². The van der Waals surface area contributed by atoms with Crippen molar-refractivity contribution in [3.05, 3.63) is 27.4 Å². The first-order valence-electron chi connectivity index (χ1n) is 6.21. The Kier molecular flexibility index (Phi) is 4.55. The second-order valence-electron chi connectivity index (χ2n) is 4.60. The largest absolute Gasteiger partial charge is 0.376 e. The molecule has 6 nitrogen and oxygen atoms in total. The topological polar surface area (TPSA) is 68.5 Å². The number of ether oxygens (including phenoxy) is 1. The van der Waals surface area contributed by atoms with Crippen LogP contribution in [0.1, 0.15) is 19.3 Å². The summed E-state index contributed by atoms with van der Waals surface area (Å²) in [5.41, 5.74) is -0.0392. The Labute approximate surface area is 116 Å². The first-order chi connectivity index (χ1) is 9.08. The standard InChI is InChI=1S/C12H16ClN3O3/c1-15(8-9-4-2-3-7-19-9)12-10(16(17)18)5-6-11(13)14-12/h5-6,9H,2-4,7-8H2,1H3. The van der Waals surface area contributed by atoms with Crippen molar-refractivity contribution in [3.63, 3.8) is 0 Å². The summed E-state index contributed by atoms with van der Waals surface area (Å²) >= 11 is 5.82. The van der Waals surface area contributed by atoms with E-state index in [0.717, 1.165) is 25.9 Å². The monoisotopic (exact) mass is 285 g/mol. The molecule has 0 saturated carbocycles. The quantitative estimate of drug-likeness (QED) is 0.483. The van der Waals surface area contributed by atoms with E-state index < -0.39 is 4.92 Å². The van der Waals surface area contributed by atoms with Crippen LogP contribution < -0.4 is 4.90 Å². The summed E-state index contributed by atoms with van der Waals surface area (Å²) < 4.78 is 5.63. The van der Waals surface area contributed by atoms with Crippen LogP contribution in [0.2, 0.25) is 5.15 Å². The molecule has 1 aromatic rings. The van der Waals surface area contributed by atoms with Crippen molar-refractivity contribution in [3.8, 4) is 0 Å². The van der Waals surface area contributed by atoms with Gasteiger partial charge in [-0.1, -0.05) is 11.6 Å². The molecule has 0 spiro atoms. The number of anilines is 1. The molecule has 0 aromatic carbocycles. The van der Waals surface area contributed by atoms with Crippen LogP contribution >= 0.6 is 11.6 Å². The van der Waals surface area contributed by atoms with E-state index in [-0.39, 0.29) is 22.8 Å². The molecule has 1 fully saturated rings. The number of halogens is 1. The van der Waals surface area contributed by atoms with E-state index in [2.05, 4.69) is 4.98 Å². The first-order valence-corrected chi connectivity index (χ1v) is 6.59. The number of hydrogen-bond acceptors (Lipinski definition) is 5. The molecule has 1 aliphatic rings. The number of rotatable bonds is 4. The van der Waals surface area contributed by atoms with Gasteiger partial charge in [0.15, 0.2) is 0 Å². The molecular formula is C12H16ClN3O3. The van der Waals surface area contributed by atoms with E-state index in [1.165, 1.54) is 12.1 Å². The summed E-state index contributed by atoms with van der Waals surface area (Å²) in [4.78, 5) is 16.3. The van der Waals surface area contributed by atoms with Crippen LogP contribution in [0.15, 0.2) is 12.1 Å². The number of nitrogens with zero attached hydrogens (tertiary/aromatic N) is 3. The Bertz CT molecular complexity index is 464. The van der Waals surface area contributed by atoms with Crippen LogP contribution in [-0.2, 0) is 4.74 Å². The molecule has 1 aromatic heterocycles. The van der Waals surface area contributed by atoms with Crippen LogP contribution in [0.5, 0.6) is 0 Å². The highest BCUT2D eigenvalue weighted by Gasteiger charge is 2.23. The Balaban J connectivity index is 2.14. The van der Waals surface area contributed by atoms with Crippen molar-refractivity contribution in [2.45, 2.75) is 25.4 Å². The lowest BCUT2D eigenvalue weighted by Gasteiger charge is -2.27. The average Bonchev–Trinajstić information content (AvgIpc) is 2.39. The minimum absolute atomic E-state index is 0.0392. The zero-order valence-electron chi connectivity index (χ0n) is 10.7. The summed E-state index contributed by atoms with van der Waals surface area (Å²) in [6.45, 7) is 1.33. The summed E-state index contributed by atoms with van der Waals surface area (Å²) in [5, 5.41) is 11.2. The summed E-state index contributed by atoms with van der Waals surface area (Å²) in [5.74, 6) is 0.284. The summed E-state index contributed by atoms with van der Waals surface area (Å²) in [6, 6.07) is 2.80. The summed E-state index contributed by atoms with van der Waals surface area (Å²) in [7, 11) is 1.77. The Morgan fingerprint density at radius 3 is 3.00 bits per heavy atom. The van der Waals surface area contributed by atoms with Gasteiger partial charge < -0.3 is 9.64 Å². The third kappa shape index (κ3) is 3.54. The molecule has 1 unspecified atom stereocenters. The van der Waals surface area contributed by atoms with Crippen molar-refractivity contribution in [2.75, 3.05) is 25.1 Å². The van der Waals surface area contributed by atoms with Gasteiger partial charge in [-0.3, -0.25) is 10.1 Å². The molecule has 0 aliphatic carbocycles. The summed E-state index contributed by atoms with van der Waals surface area (Å²) in [6.07, 6.45) is 3.28. The van der Waals surface area contributed by atoms with Crippen molar-refractivity contribution < 1.29 is 9.66 Å². The predicted octanol–water partition coefficient (Wildman–Crippen LogP) is 2.65. The third-order valence-corrected chi connectivity index (χ3v) is 3.34. The Morgan fingerprint density at radius 1 is 1.58 bits per heavy atom. The van der Waals surface area contributed by atoms with Gasteiger partial charge in [0, 0.05) is 26.3 Å². The number of aromatic nitrogens is 1. The smallest absolute Gasteiger partial charge is 0.311 e. The van der Waals surface area contributed by atoms with Gasteiger partial charge in [-0.15, -0.1) is 0 Å². The molecular weight excluding hydrogens is 270 g/mol. The third-order valence-electron chi connectivity index (χ3n) is 3.13. The van der Waals surface area contributed by atoms with Gasteiger partial charge >= 0.3 is 5.69 Å². The van der Waals surface area contributed by atoms with Gasteiger partial charge in [-0.25, -0.2) is 4.98 Å². The predicted molar refractivity (Wildman–Crippen MR) is 72.8 cm³/mol. The Morgan fingerprint density at radius 2 is 2.37 bits per heavy atom. The molecule has 1 aliphatic heterocycles. The molecule has 1 saturated heterocycles. The van der Waals surface area contributed by atoms with E-state index in [0.29, 0.717) is 6.54 Å². The van der Waals surface area contributed by atoms with E-state index in [1.807, 2.05) is 0 Å². The molecule has 0 N–H and O–H groups in total. The van der Waals surface area contributed by atoms with Gasteiger partial charge in [0.25, 0.3) is 0 Å². The fourth-order valence-corrected chi connectivity index (χ4v) is 2.33. The molecule has 19 heavy (non-hydrogen) atoms. The molecule has 2 rings (SSSR count). The highest BCUT2D eigenvalue weighted by Crippen LogP contribution is 2.27. The number of likely N-dealkylation sites (N-methyl/N-ethyl adjacent to an activating group) is 1. The highest BCUT2D eigenvalue weighted by atomic mass is 35.5. The lowest BCUT2D eigenvalue weighted by Crippen LogP contribution is -2.34. The fourth-order valence-electron chi connectivity index (χ4n) is 2.18. The lowest BCUT2D eigenvalue weighted by atomic mass is 10.1. The number of pyridine rings is 1. The van der Waals surface area contributed by atoms with Crippen LogP contribution in [0.3, 0.4) is 0 Å². The van der Waals surface area contributed by atoms with Crippen LogP contribution in [-0.4, -0.2) is 36.2 Å². The van der Waals surface area contributed by atoms with Crippen LogP contribution in [0.25, 0.3) is 0 Å². The zero-order valence-corrected chi connectivity index (χ0v) is 11.5. The van der Waals surface area contributed by atoms with Gasteiger partial charge in [0.1, 0.15) is 5.15 Å². The molecule has 7 heteroatoms. The maximum atomic E-state index is 11.0. The van der Waals surface area contributed by atoms with Crippen molar-refractivity contribution in [1.82, 2.24) is 4.98 Å². The maximum Gasteiger partial charge on any atom is 0.311 e. The van der Waals surface area contributed by atoms with Gasteiger partial charge in [0.05, 0.1) is 11.0 Å². The molecule has 0 radical (unpaired) electrons.